The van der Waals surface area contributed by atoms with Gasteiger partial charge in [-0.3, -0.25) is 9.59 Å². The summed E-state index contributed by atoms with van der Waals surface area (Å²) < 4.78 is 19.0. The van der Waals surface area contributed by atoms with Gasteiger partial charge < -0.3 is 34.4 Å². The number of aryl methyl sites for hydroxylation is 1. The molecular formula is C40H53Cl2N3O6. The largest absolute Gasteiger partial charge is 0.492 e. The fraction of sp³-hybridized carbons (Fsp3) is 0.500. The SMILES string of the molecule is COc1c(OCCCNCCCc2ccccc2)cccc1C1OC(CC(=O)N2CCC(O)CC2)C(=O)N(CC(C)(C)C)c2ccc(Cl)cc21.Cl. The summed E-state index contributed by atoms with van der Waals surface area (Å²) in [6, 6.07) is 21.6. The Morgan fingerprint density at radius 2 is 1.73 bits per heavy atom. The van der Waals surface area contributed by atoms with Crippen molar-refractivity contribution < 1.29 is 28.9 Å². The number of nitrogens with zero attached hydrogens (tertiary/aromatic N) is 2. The number of rotatable bonds is 14. The van der Waals surface area contributed by atoms with Crippen LogP contribution in [0.4, 0.5) is 5.69 Å². The Kier molecular flexibility index (Phi) is 15.0. The van der Waals surface area contributed by atoms with Crippen LogP contribution in [0, 0.1) is 5.41 Å². The number of anilines is 1. The average Bonchev–Trinajstić information content (AvgIpc) is 3.19. The second-order valence-electron chi connectivity index (χ2n) is 14.4. The predicted molar refractivity (Wildman–Crippen MR) is 204 cm³/mol. The highest BCUT2D eigenvalue weighted by Gasteiger charge is 2.41. The van der Waals surface area contributed by atoms with Gasteiger partial charge in [0.15, 0.2) is 11.5 Å². The number of aliphatic hydroxyl groups is 1. The van der Waals surface area contributed by atoms with Crippen molar-refractivity contribution >= 4 is 41.5 Å². The van der Waals surface area contributed by atoms with Gasteiger partial charge in [-0.25, -0.2) is 0 Å². The van der Waals surface area contributed by atoms with Gasteiger partial charge in [-0.15, -0.1) is 12.4 Å². The summed E-state index contributed by atoms with van der Waals surface area (Å²) in [6.07, 6.45) is 1.59. The van der Waals surface area contributed by atoms with Gasteiger partial charge in [-0.2, -0.15) is 0 Å². The van der Waals surface area contributed by atoms with Crippen LogP contribution in [0.5, 0.6) is 11.5 Å². The maximum Gasteiger partial charge on any atom is 0.256 e. The molecule has 0 aliphatic carbocycles. The summed E-state index contributed by atoms with van der Waals surface area (Å²) >= 11 is 6.60. The summed E-state index contributed by atoms with van der Waals surface area (Å²) in [5, 5.41) is 14.0. The lowest BCUT2D eigenvalue weighted by molar-refractivity contribution is -0.144. The first-order valence-electron chi connectivity index (χ1n) is 17.8. The highest BCUT2D eigenvalue weighted by molar-refractivity contribution is 6.30. The third-order valence-electron chi connectivity index (χ3n) is 9.13. The molecule has 9 nitrogen and oxygen atoms in total. The second-order valence-corrected chi connectivity index (χ2v) is 14.9. The summed E-state index contributed by atoms with van der Waals surface area (Å²) in [7, 11) is 1.60. The molecule has 0 spiro atoms. The minimum atomic E-state index is -1.06. The van der Waals surface area contributed by atoms with Crippen LogP contribution >= 0.6 is 24.0 Å². The van der Waals surface area contributed by atoms with E-state index in [0.29, 0.717) is 72.4 Å². The Bertz CT molecular complexity index is 1580. The molecule has 2 N–H and O–H groups in total. The fourth-order valence-corrected chi connectivity index (χ4v) is 6.80. The predicted octanol–water partition coefficient (Wildman–Crippen LogP) is 7.00. The number of carbonyl (C=O) groups is 2. The smallest absolute Gasteiger partial charge is 0.256 e. The summed E-state index contributed by atoms with van der Waals surface area (Å²) in [5.74, 6) is 0.624. The third-order valence-corrected chi connectivity index (χ3v) is 9.36. The van der Waals surface area contributed by atoms with Crippen LogP contribution in [0.15, 0.2) is 66.7 Å². The number of para-hydroxylation sites is 1. The number of piperidine rings is 1. The number of likely N-dealkylation sites (tertiary alicyclic amines) is 1. The Hall–Kier alpha value is -3.34. The third kappa shape index (κ3) is 11.1. The van der Waals surface area contributed by atoms with E-state index < -0.39 is 18.3 Å². The zero-order valence-corrected chi connectivity index (χ0v) is 31.8. The zero-order chi connectivity index (χ0) is 35.7. The molecule has 51 heavy (non-hydrogen) atoms. The highest BCUT2D eigenvalue weighted by Crippen LogP contribution is 2.46. The van der Waals surface area contributed by atoms with E-state index in [0.717, 1.165) is 32.4 Å². The quantitative estimate of drug-likeness (QED) is 0.172. The molecule has 1 fully saturated rings. The number of halogens is 2. The highest BCUT2D eigenvalue weighted by atomic mass is 35.5. The summed E-state index contributed by atoms with van der Waals surface area (Å²) in [4.78, 5) is 31.4. The molecule has 2 amide bonds. The number of hydrogen-bond donors (Lipinski definition) is 2. The number of carbonyl (C=O) groups excluding carboxylic acids is 2. The van der Waals surface area contributed by atoms with E-state index in [1.807, 2.05) is 36.4 Å². The molecule has 2 aliphatic heterocycles. The molecule has 2 atom stereocenters. The van der Waals surface area contributed by atoms with Crippen LogP contribution in [-0.4, -0.2) is 80.5 Å². The number of fused-ring (bicyclic) bond motifs is 1. The fourth-order valence-electron chi connectivity index (χ4n) is 6.62. The van der Waals surface area contributed by atoms with Gasteiger partial charge in [0.2, 0.25) is 5.91 Å². The van der Waals surface area contributed by atoms with Gasteiger partial charge in [0.05, 0.1) is 26.2 Å². The number of hydrogen-bond acceptors (Lipinski definition) is 7. The number of ether oxygens (including phenoxy) is 3. The molecule has 0 bridgehead atoms. The molecule has 0 radical (unpaired) electrons. The minimum absolute atomic E-state index is 0. The standard InChI is InChI=1S/C40H52ClN3O6.ClH/c1-40(2,3)27-44-33-17-16-29(41)25-32(33)37(50-35(39(44)47)26-36(46)43-22-18-30(45)19-23-43)31-14-8-15-34(38(31)48-4)49-24-10-21-42-20-9-13-28-11-6-5-7-12-28;/h5-8,11-12,14-17,25,30,35,37,42,45H,9-10,13,18-24,26-27H2,1-4H3;1H. The van der Waals surface area contributed by atoms with E-state index in [2.05, 4.69) is 50.4 Å². The molecule has 3 aromatic rings. The first-order valence-corrected chi connectivity index (χ1v) is 18.2. The topological polar surface area (TPSA) is 101 Å². The van der Waals surface area contributed by atoms with Crippen molar-refractivity contribution in [1.82, 2.24) is 10.2 Å². The van der Waals surface area contributed by atoms with E-state index >= 15 is 0 Å². The van der Waals surface area contributed by atoms with Crippen LogP contribution in [-0.2, 0) is 20.7 Å². The van der Waals surface area contributed by atoms with Crippen molar-refractivity contribution in [1.29, 1.82) is 0 Å². The maximum absolute atomic E-state index is 14.4. The minimum Gasteiger partial charge on any atom is -0.492 e. The second kappa shape index (κ2) is 18.9. The number of nitrogens with one attached hydrogen (secondary N) is 1. The number of benzene rings is 3. The van der Waals surface area contributed by atoms with Crippen LogP contribution in [0.2, 0.25) is 5.02 Å². The van der Waals surface area contributed by atoms with Gasteiger partial charge in [-0.05, 0) is 80.4 Å². The molecule has 278 valence electrons. The van der Waals surface area contributed by atoms with E-state index in [4.69, 9.17) is 25.8 Å². The molecule has 2 aliphatic rings. The summed E-state index contributed by atoms with van der Waals surface area (Å²) in [6.45, 7) is 9.77. The van der Waals surface area contributed by atoms with E-state index in [9.17, 15) is 14.7 Å². The number of aliphatic hydroxyl groups excluding tert-OH is 1. The van der Waals surface area contributed by atoms with Crippen molar-refractivity contribution in [3.8, 4) is 11.5 Å². The molecule has 0 saturated carbocycles. The van der Waals surface area contributed by atoms with Gasteiger partial charge in [0, 0.05) is 41.5 Å². The van der Waals surface area contributed by atoms with Gasteiger partial charge in [0.1, 0.15) is 12.2 Å². The number of methoxy groups -OCH3 is 1. The average molecular weight is 743 g/mol. The molecule has 2 heterocycles. The van der Waals surface area contributed by atoms with E-state index in [-0.39, 0.29) is 36.1 Å². The Morgan fingerprint density at radius 1 is 1.00 bits per heavy atom. The first kappa shape index (κ1) is 40.4. The van der Waals surface area contributed by atoms with Crippen molar-refractivity contribution in [2.75, 3.05) is 51.3 Å². The Labute approximate surface area is 314 Å². The molecular weight excluding hydrogens is 689 g/mol. The van der Waals surface area contributed by atoms with Gasteiger partial charge >= 0.3 is 0 Å². The Morgan fingerprint density at radius 3 is 2.43 bits per heavy atom. The van der Waals surface area contributed by atoms with Crippen molar-refractivity contribution in [2.24, 2.45) is 5.41 Å². The monoisotopic (exact) mass is 741 g/mol. The molecule has 2 unspecified atom stereocenters. The van der Waals surface area contributed by atoms with Crippen LogP contribution in [0.3, 0.4) is 0 Å². The molecule has 3 aromatic carbocycles. The maximum atomic E-state index is 14.4. The summed E-state index contributed by atoms with van der Waals surface area (Å²) in [5.41, 5.74) is 3.17. The van der Waals surface area contributed by atoms with Gasteiger partial charge in [-0.1, -0.05) is 74.8 Å². The van der Waals surface area contributed by atoms with Gasteiger partial charge in [0.25, 0.3) is 5.91 Å². The lowest BCUT2D eigenvalue weighted by atomic mass is 9.94. The number of amides is 2. The van der Waals surface area contributed by atoms with Crippen molar-refractivity contribution in [2.45, 2.75) is 77.6 Å². The lowest BCUT2D eigenvalue weighted by Crippen LogP contribution is -2.47. The van der Waals surface area contributed by atoms with E-state index in [1.54, 1.807) is 23.0 Å². The van der Waals surface area contributed by atoms with Crippen molar-refractivity contribution in [3.63, 3.8) is 0 Å². The molecule has 5 rings (SSSR count). The molecule has 0 aromatic heterocycles. The van der Waals surface area contributed by atoms with Crippen molar-refractivity contribution in [3.05, 3.63) is 88.4 Å². The van der Waals surface area contributed by atoms with E-state index in [1.165, 1.54) is 5.56 Å². The molecule has 1 saturated heterocycles. The first-order chi connectivity index (χ1) is 24.0. The van der Waals surface area contributed by atoms with Crippen LogP contribution in [0.25, 0.3) is 0 Å². The van der Waals surface area contributed by atoms with Crippen LogP contribution in [0.1, 0.15) is 75.7 Å². The van der Waals surface area contributed by atoms with Crippen LogP contribution < -0.4 is 19.7 Å². The molecule has 11 heteroatoms. The Balaban J connectivity index is 0.00000583. The zero-order valence-electron chi connectivity index (χ0n) is 30.2. The normalized spacial score (nSPS) is 18.1. The lowest BCUT2D eigenvalue weighted by Gasteiger charge is -2.33.